The summed E-state index contributed by atoms with van der Waals surface area (Å²) in [6, 6.07) is 4.61. The number of hydrogen-bond donors (Lipinski definition) is 1. The van der Waals surface area contributed by atoms with Crippen LogP contribution in [0.25, 0.3) is 0 Å². The zero-order chi connectivity index (χ0) is 11.6. The molecule has 1 amide bonds. The number of anilines is 1. The highest BCUT2D eigenvalue weighted by Gasteiger charge is 2.24. The summed E-state index contributed by atoms with van der Waals surface area (Å²) in [7, 11) is 0. The molecule has 1 aromatic carbocycles. The van der Waals surface area contributed by atoms with Crippen LogP contribution in [0.1, 0.15) is 19.4 Å². The van der Waals surface area contributed by atoms with Crippen LogP contribution < -0.4 is 5.32 Å². The molecule has 0 unspecified atom stereocenters. The lowest BCUT2D eigenvalue weighted by atomic mass is 10.1. The van der Waals surface area contributed by atoms with Crippen molar-refractivity contribution in [3.8, 4) is 0 Å². The van der Waals surface area contributed by atoms with E-state index in [9.17, 15) is 9.18 Å². The standard InChI is InChI=1S/C11H13BrFNO/c1-7-8(13)5-4-6-9(7)14-10(15)11(2,3)12/h4-6H,1-3H3,(H,14,15). The number of carbonyl (C=O) groups excluding carboxylic acids is 1. The topological polar surface area (TPSA) is 29.1 Å². The number of benzene rings is 1. The zero-order valence-electron chi connectivity index (χ0n) is 8.90. The fraction of sp³-hybridized carbons (Fsp3) is 0.364. The van der Waals surface area contributed by atoms with Crippen LogP contribution in [0.5, 0.6) is 0 Å². The monoisotopic (exact) mass is 273 g/mol. The Morgan fingerprint density at radius 2 is 2.07 bits per heavy atom. The third-order valence-electron chi connectivity index (χ3n) is 2.06. The predicted molar refractivity (Wildman–Crippen MR) is 62.8 cm³/mol. The Labute approximate surface area is 97.0 Å². The average molecular weight is 274 g/mol. The molecule has 1 aromatic rings. The maximum atomic E-state index is 13.2. The van der Waals surface area contributed by atoms with E-state index in [1.54, 1.807) is 32.9 Å². The second-order valence-corrected chi connectivity index (χ2v) is 5.82. The van der Waals surface area contributed by atoms with E-state index in [1.807, 2.05) is 0 Å². The lowest BCUT2D eigenvalue weighted by molar-refractivity contribution is -0.117. The molecule has 82 valence electrons. The fourth-order valence-corrected chi connectivity index (χ4v) is 1.11. The molecule has 2 nitrogen and oxygen atoms in total. The second-order valence-electron chi connectivity index (χ2n) is 3.84. The first-order chi connectivity index (χ1) is 6.82. The van der Waals surface area contributed by atoms with Crippen LogP contribution in [0.3, 0.4) is 0 Å². The molecule has 0 aliphatic heterocycles. The Morgan fingerprint density at radius 3 is 2.60 bits per heavy atom. The largest absolute Gasteiger partial charge is 0.325 e. The number of halogens is 2. The van der Waals surface area contributed by atoms with Gasteiger partial charge >= 0.3 is 0 Å². The van der Waals surface area contributed by atoms with Crippen molar-refractivity contribution < 1.29 is 9.18 Å². The predicted octanol–water partition coefficient (Wildman–Crippen LogP) is 3.25. The van der Waals surface area contributed by atoms with Gasteiger partial charge in [-0.25, -0.2) is 4.39 Å². The lowest BCUT2D eigenvalue weighted by Crippen LogP contribution is -2.31. The van der Waals surface area contributed by atoms with Crippen molar-refractivity contribution in [1.82, 2.24) is 0 Å². The third-order valence-corrected chi connectivity index (χ3v) is 2.42. The van der Waals surface area contributed by atoms with Crippen molar-refractivity contribution in [2.24, 2.45) is 0 Å². The first kappa shape index (κ1) is 12.2. The number of rotatable bonds is 2. The smallest absolute Gasteiger partial charge is 0.240 e. The van der Waals surface area contributed by atoms with Gasteiger partial charge in [0.05, 0.1) is 4.32 Å². The van der Waals surface area contributed by atoms with E-state index < -0.39 is 4.32 Å². The van der Waals surface area contributed by atoms with E-state index in [1.165, 1.54) is 6.07 Å². The van der Waals surface area contributed by atoms with Crippen molar-refractivity contribution in [2.45, 2.75) is 25.1 Å². The Morgan fingerprint density at radius 1 is 1.47 bits per heavy atom. The number of hydrogen-bond acceptors (Lipinski definition) is 1. The molecule has 0 spiro atoms. The third kappa shape index (κ3) is 3.02. The minimum absolute atomic E-state index is 0.198. The molecule has 0 saturated carbocycles. The van der Waals surface area contributed by atoms with Crippen LogP contribution >= 0.6 is 15.9 Å². The van der Waals surface area contributed by atoms with E-state index in [4.69, 9.17) is 0 Å². The summed E-state index contributed by atoms with van der Waals surface area (Å²) in [5.41, 5.74) is 0.954. The lowest BCUT2D eigenvalue weighted by Gasteiger charge is -2.17. The van der Waals surface area contributed by atoms with E-state index in [-0.39, 0.29) is 11.7 Å². The molecular formula is C11H13BrFNO. The van der Waals surface area contributed by atoms with E-state index in [0.717, 1.165) is 0 Å². The number of nitrogens with one attached hydrogen (secondary N) is 1. The molecule has 4 heteroatoms. The minimum atomic E-state index is -0.661. The SMILES string of the molecule is Cc1c(F)cccc1NC(=O)C(C)(C)Br. The second kappa shape index (κ2) is 4.31. The molecule has 1 rings (SSSR count). The molecule has 1 N–H and O–H groups in total. The fourth-order valence-electron chi connectivity index (χ4n) is 1.01. The Hall–Kier alpha value is -0.900. The summed E-state index contributed by atoms with van der Waals surface area (Å²) < 4.78 is 12.5. The van der Waals surface area contributed by atoms with Crippen LogP contribution in [-0.4, -0.2) is 10.2 Å². The normalized spacial score (nSPS) is 11.3. The van der Waals surface area contributed by atoms with Crippen LogP contribution in [-0.2, 0) is 4.79 Å². The highest BCUT2D eigenvalue weighted by Crippen LogP contribution is 2.22. The van der Waals surface area contributed by atoms with Gasteiger partial charge in [-0.1, -0.05) is 22.0 Å². The van der Waals surface area contributed by atoms with E-state index in [2.05, 4.69) is 21.2 Å². The molecule has 0 aliphatic carbocycles. The quantitative estimate of drug-likeness (QED) is 0.824. The molecule has 0 radical (unpaired) electrons. The van der Waals surface area contributed by atoms with Crippen molar-refractivity contribution in [1.29, 1.82) is 0 Å². The van der Waals surface area contributed by atoms with Crippen LogP contribution in [0.4, 0.5) is 10.1 Å². The van der Waals surface area contributed by atoms with Gasteiger partial charge in [0, 0.05) is 11.3 Å². The zero-order valence-corrected chi connectivity index (χ0v) is 10.5. The van der Waals surface area contributed by atoms with Crippen molar-refractivity contribution in [2.75, 3.05) is 5.32 Å². The molecule has 0 aromatic heterocycles. The van der Waals surface area contributed by atoms with Crippen molar-refractivity contribution in [3.05, 3.63) is 29.6 Å². The van der Waals surface area contributed by atoms with Gasteiger partial charge in [-0.3, -0.25) is 4.79 Å². The summed E-state index contributed by atoms with van der Waals surface area (Å²) in [6.45, 7) is 5.10. The first-order valence-corrected chi connectivity index (χ1v) is 5.37. The van der Waals surface area contributed by atoms with Crippen molar-refractivity contribution in [3.63, 3.8) is 0 Å². The maximum Gasteiger partial charge on any atom is 0.240 e. The van der Waals surface area contributed by atoms with E-state index >= 15 is 0 Å². The molecular weight excluding hydrogens is 261 g/mol. The molecule has 0 fully saturated rings. The Bertz CT molecular complexity index is 385. The average Bonchev–Trinajstić information content (AvgIpc) is 2.11. The Balaban J connectivity index is 2.91. The summed E-state index contributed by atoms with van der Waals surface area (Å²) in [6.07, 6.45) is 0. The molecule has 0 saturated heterocycles. The van der Waals surface area contributed by atoms with Crippen LogP contribution in [0.15, 0.2) is 18.2 Å². The summed E-state index contributed by atoms with van der Waals surface area (Å²) in [5, 5.41) is 2.67. The number of carbonyl (C=O) groups is 1. The molecule has 0 heterocycles. The van der Waals surface area contributed by atoms with Gasteiger partial charge < -0.3 is 5.32 Å². The highest BCUT2D eigenvalue weighted by molar-refractivity contribution is 9.10. The van der Waals surface area contributed by atoms with Gasteiger partial charge in [0.2, 0.25) is 5.91 Å². The molecule has 0 atom stereocenters. The summed E-state index contributed by atoms with van der Waals surface area (Å²) in [5.74, 6) is -0.517. The number of alkyl halides is 1. The minimum Gasteiger partial charge on any atom is -0.325 e. The summed E-state index contributed by atoms with van der Waals surface area (Å²) in [4.78, 5) is 11.6. The molecule has 0 aliphatic rings. The van der Waals surface area contributed by atoms with Gasteiger partial charge in [-0.05, 0) is 32.9 Å². The van der Waals surface area contributed by atoms with Crippen LogP contribution in [0.2, 0.25) is 0 Å². The van der Waals surface area contributed by atoms with Gasteiger partial charge in [0.25, 0.3) is 0 Å². The Kier molecular flexibility index (Phi) is 3.50. The van der Waals surface area contributed by atoms with Gasteiger partial charge in [0.15, 0.2) is 0 Å². The number of amides is 1. The van der Waals surface area contributed by atoms with Gasteiger partial charge in [0.1, 0.15) is 5.82 Å². The van der Waals surface area contributed by atoms with E-state index in [0.29, 0.717) is 11.3 Å². The van der Waals surface area contributed by atoms with Crippen LogP contribution in [0, 0.1) is 12.7 Å². The first-order valence-electron chi connectivity index (χ1n) is 4.58. The maximum absolute atomic E-state index is 13.2. The summed E-state index contributed by atoms with van der Waals surface area (Å²) >= 11 is 3.24. The highest BCUT2D eigenvalue weighted by atomic mass is 79.9. The molecule has 0 bridgehead atoms. The molecule has 15 heavy (non-hydrogen) atoms. The van der Waals surface area contributed by atoms with Gasteiger partial charge in [-0.2, -0.15) is 0 Å². The van der Waals surface area contributed by atoms with Crippen molar-refractivity contribution >= 4 is 27.5 Å². The van der Waals surface area contributed by atoms with Gasteiger partial charge in [-0.15, -0.1) is 0 Å².